The monoisotopic (exact) mass is 610 g/mol. The summed E-state index contributed by atoms with van der Waals surface area (Å²) in [6.45, 7) is 5.29. The second-order valence-electron chi connectivity index (χ2n) is 11.8. The van der Waals surface area contributed by atoms with Crippen molar-refractivity contribution < 1.29 is 33.8 Å². The average Bonchev–Trinajstić information content (AvgIpc) is 3.45. The lowest BCUT2D eigenvalue weighted by Gasteiger charge is -2.32. The molecule has 238 valence electrons. The zero-order chi connectivity index (χ0) is 32.4. The molecule has 2 aromatic carbocycles. The molecule has 0 aliphatic carbocycles. The van der Waals surface area contributed by atoms with E-state index in [0.717, 1.165) is 0 Å². The van der Waals surface area contributed by atoms with Crippen LogP contribution in [-0.2, 0) is 30.4 Å². The molecule has 4 atom stereocenters. The topological polar surface area (TPSA) is 206 Å². The van der Waals surface area contributed by atoms with Crippen LogP contribution in [0.2, 0.25) is 0 Å². The number of nitrogens with zero attached hydrogens (tertiary/aromatic N) is 1. The van der Waals surface area contributed by atoms with Crippen molar-refractivity contribution in [2.24, 2.45) is 5.73 Å². The van der Waals surface area contributed by atoms with E-state index in [1.54, 1.807) is 54.6 Å². The molecule has 3 rings (SSSR count). The van der Waals surface area contributed by atoms with Crippen LogP contribution in [-0.4, -0.2) is 82.5 Å². The minimum absolute atomic E-state index is 0.0453. The van der Waals surface area contributed by atoms with Gasteiger partial charge in [0.05, 0.1) is 12.5 Å². The van der Waals surface area contributed by atoms with Gasteiger partial charge in [0.2, 0.25) is 17.7 Å². The van der Waals surface area contributed by atoms with E-state index in [0.29, 0.717) is 29.8 Å². The van der Waals surface area contributed by atoms with Crippen LogP contribution in [0.1, 0.15) is 45.6 Å². The summed E-state index contributed by atoms with van der Waals surface area (Å²) in [5, 5.41) is 19.2. The van der Waals surface area contributed by atoms with Crippen LogP contribution in [0.3, 0.4) is 0 Å². The molecule has 5 amide bonds. The third-order valence-electron chi connectivity index (χ3n) is 6.90. The van der Waals surface area contributed by atoms with Gasteiger partial charge < -0.3 is 42.2 Å². The van der Waals surface area contributed by atoms with Gasteiger partial charge in [-0.05, 0) is 69.9 Å². The minimum atomic E-state index is -1.74. The van der Waals surface area contributed by atoms with Gasteiger partial charge in [0, 0.05) is 17.8 Å². The molecule has 1 saturated heterocycles. The van der Waals surface area contributed by atoms with Gasteiger partial charge in [0.1, 0.15) is 17.8 Å². The average molecular weight is 611 g/mol. The summed E-state index contributed by atoms with van der Waals surface area (Å²) in [6, 6.07) is 11.9. The largest absolute Gasteiger partial charge is 0.484 e. The Bertz CT molecular complexity index is 1310. The molecule has 0 aromatic heterocycles. The van der Waals surface area contributed by atoms with Crippen molar-refractivity contribution in [3.8, 4) is 5.75 Å². The molecule has 0 radical (unpaired) electrons. The van der Waals surface area contributed by atoms with Crippen LogP contribution < -0.4 is 32.2 Å². The van der Waals surface area contributed by atoms with E-state index >= 15 is 0 Å². The summed E-state index contributed by atoms with van der Waals surface area (Å²) < 4.78 is 5.42. The molecule has 1 aliphatic heterocycles. The number of benzene rings is 2. The Labute approximate surface area is 256 Å². The predicted molar refractivity (Wildman–Crippen MR) is 163 cm³/mol. The summed E-state index contributed by atoms with van der Waals surface area (Å²) in [5.41, 5.74) is 11.7. The molecule has 0 spiro atoms. The van der Waals surface area contributed by atoms with Gasteiger partial charge in [-0.25, -0.2) is 0 Å². The quantitative estimate of drug-likeness (QED) is 0.170. The van der Waals surface area contributed by atoms with Crippen LogP contribution >= 0.6 is 0 Å². The van der Waals surface area contributed by atoms with Crippen molar-refractivity contribution in [3.63, 3.8) is 0 Å². The van der Waals surface area contributed by atoms with Crippen LogP contribution in [0, 0.1) is 0 Å². The second-order valence-corrected chi connectivity index (χ2v) is 11.8. The van der Waals surface area contributed by atoms with Gasteiger partial charge in [-0.1, -0.05) is 30.3 Å². The lowest BCUT2D eigenvalue weighted by molar-refractivity contribution is -0.147. The van der Waals surface area contributed by atoms with Gasteiger partial charge in [-0.2, -0.15) is 0 Å². The highest BCUT2D eigenvalue weighted by molar-refractivity contribution is 5.93. The molecule has 44 heavy (non-hydrogen) atoms. The number of anilines is 1. The second kappa shape index (κ2) is 15.2. The molecule has 0 unspecified atom stereocenters. The van der Waals surface area contributed by atoms with Crippen molar-refractivity contribution >= 4 is 35.2 Å². The summed E-state index contributed by atoms with van der Waals surface area (Å²) in [4.78, 5) is 65.7. The van der Waals surface area contributed by atoms with Crippen molar-refractivity contribution in [2.75, 3.05) is 18.9 Å². The smallest absolute Gasteiger partial charge is 0.258 e. The van der Waals surface area contributed by atoms with E-state index in [2.05, 4.69) is 16.0 Å². The van der Waals surface area contributed by atoms with Gasteiger partial charge in [0.25, 0.3) is 11.8 Å². The Morgan fingerprint density at radius 1 is 1.02 bits per heavy atom. The molecular weight excluding hydrogens is 568 g/mol. The SMILES string of the molecule is CC(C)(C)NC(=O)[C@@H]1CCCN1C(=O)[C@@H](O)[C@H](Cc1ccccc1)NC(=O)[C@H](CC(N)=O)NC(=O)COc1ccc(N)cc1. The molecule has 8 N–H and O–H groups in total. The number of hydrogen-bond donors (Lipinski definition) is 6. The number of nitrogen functional groups attached to an aromatic ring is 1. The number of likely N-dealkylation sites (tertiary alicyclic amines) is 1. The first-order valence-electron chi connectivity index (χ1n) is 14.4. The van der Waals surface area contributed by atoms with Crippen molar-refractivity contribution in [2.45, 2.75) is 76.2 Å². The van der Waals surface area contributed by atoms with Crippen LogP contribution in [0.4, 0.5) is 5.69 Å². The summed E-state index contributed by atoms with van der Waals surface area (Å²) in [5.74, 6) is -3.07. The highest BCUT2D eigenvalue weighted by atomic mass is 16.5. The number of nitrogens with two attached hydrogens (primary N) is 2. The van der Waals surface area contributed by atoms with E-state index in [4.69, 9.17) is 16.2 Å². The summed E-state index contributed by atoms with van der Waals surface area (Å²) in [7, 11) is 0. The number of rotatable bonds is 13. The number of carbonyl (C=O) groups excluding carboxylic acids is 5. The number of hydrogen-bond acceptors (Lipinski definition) is 8. The van der Waals surface area contributed by atoms with E-state index < -0.39 is 66.4 Å². The Morgan fingerprint density at radius 3 is 2.30 bits per heavy atom. The van der Waals surface area contributed by atoms with Crippen LogP contribution in [0.5, 0.6) is 5.75 Å². The number of nitrogens with one attached hydrogen (secondary N) is 3. The zero-order valence-corrected chi connectivity index (χ0v) is 25.2. The first-order chi connectivity index (χ1) is 20.7. The molecule has 1 aliphatic rings. The number of ether oxygens (including phenoxy) is 1. The number of aliphatic hydroxyl groups is 1. The van der Waals surface area contributed by atoms with E-state index in [-0.39, 0.29) is 18.9 Å². The van der Waals surface area contributed by atoms with Gasteiger partial charge in [-0.15, -0.1) is 0 Å². The van der Waals surface area contributed by atoms with Gasteiger partial charge in [-0.3, -0.25) is 24.0 Å². The fourth-order valence-corrected chi connectivity index (χ4v) is 4.85. The number of amides is 5. The molecule has 13 heteroatoms. The Kier molecular flexibility index (Phi) is 11.7. The fourth-order valence-electron chi connectivity index (χ4n) is 4.85. The van der Waals surface area contributed by atoms with E-state index in [9.17, 15) is 29.1 Å². The highest BCUT2D eigenvalue weighted by Gasteiger charge is 2.40. The number of carbonyl (C=O) groups is 5. The van der Waals surface area contributed by atoms with Crippen molar-refractivity contribution in [3.05, 3.63) is 60.2 Å². The standard InChI is InChI=1S/C31H42N6O7/c1-31(2,3)36-29(42)24-10-7-15-37(24)30(43)27(40)22(16-19-8-5-4-6-9-19)35-28(41)23(17-25(33)38)34-26(39)18-44-21-13-11-20(32)12-14-21/h4-6,8-9,11-14,22-24,27,40H,7,10,15-18,32H2,1-3H3,(H2,33,38)(H,34,39)(H,35,41)(H,36,42)/t22-,23-,24-,27-/m0/s1. The maximum absolute atomic E-state index is 13.6. The number of primary amides is 1. The molecule has 2 aromatic rings. The fraction of sp³-hybridized carbons (Fsp3) is 0.452. The van der Waals surface area contributed by atoms with Crippen molar-refractivity contribution in [1.82, 2.24) is 20.9 Å². The first-order valence-corrected chi connectivity index (χ1v) is 14.4. The molecular formula is C31H42N6O7. The third kappa shape index (κ3) is 10.3. The molecule has 1 fully saturated rings. The maximum atomic E-state index is 13.6. The Morgan fingerprint density at radius 2 is 1.68 bits per heavy atom. The van der Waals surface area contributed by atoms with Crippen LogP contribution in [0.25, 0.3) is 0 Å². The van der Waals surface area contributed by atoms with E-state index in [1.807, 2.05) is 20.8 Å². The zero-order valence-electron chi connectivity index (χ0n) is 25.2. The van der Waals surface area contributed by atoms with Gasteiger partial charge in [0.15, 0.2) is 12.7 Å². The normalized spacial score (nSPS) is 16.7. The highest BCUT2D eigenvalue weighted by Crippen LogP contribution is 2.21. The van der Waals surface area contributed by atoms with Crippen molar-refractivity contribution in [1.29, 1.82) is 0 Å². The van der Waals surface area contributed by atoms with Crippen LogP contribution in [0.15, 0.2) is 54.6 Å². The number of aliphatic hydroxyl groups excluding tert-OH is 1. The van der Waals surface area contributed by atoms with E-state index in [1.165, 1.54) is 4.90 Å². The molecule has 13 nitrogen and oxygen atoms in total. The van der Waals surface area contributed by atoms with Gasteiger partial charge >= 0.3 is 0 Å². The predicted octanol–water partition coefficient (Wildman–Crippen LogP) is 0.00190. The summed E-state index contributed by atoms with van der Waals surface area (Å²) >= 11 is 0. The lowest BCUT2D eigenvalue weighted by Crippen LogP contribution is -2.59. The first kappa shape index (κ1) is 33.8. The maximum Gasteiger partial charge on any atom is 0.258 e. The Hall–Kier alpha value is -4.65. The summed E-state index contributed by atoms with van der Waals surface area (Å²) in [6.07, 6.45) is -1.23. The minimum Gasteiger partial charge on any atom is -0.484 e. The Balaban J connectivity index is 1.76. The molecule has 0 saturated carbocycles. The molecule has 1 heterocycles. The lowest BCUT2D eigenvalue weighted by atomic mass is 9.99. The molecule has 0 bridgehead atoms. The third-order valence-corrected chi connectivity index (χ3v) is 6.90.